The highest BCUT2D eigenvalue weighted by molar-refractivity contribution is 7.89. The van der Waals surface area contributed by atoms with Gasteiger partial charge in [-0.15, -0.1) is 0 Å². The summed E-state index contributed by atoms with van der Waals surface area (Å²) < 4.78 is 46.1. The van der Waals surface area contributed by atoms with Gasteiger partial charge < -0.3 is 10.5 Å². The van der Waals surface area contributed by atoms with Crippen molar-refractivity contribution in [2.24, 2.45) is 5.73 Å². The molecule has 1 fully saturated rings. The van der Waals surface area contributed by atoms with Gasteiger partial charge >= 0.3 is 0 Å². The molecular weight excluding hydrogens is 319 g/mol. The Morgan fingerprint density at radius 3 is 2.71 bits per heavy atom. The minimum atomic E-state index is -4.00. The molecule has 0 radical (unpaired) electrons. The smallest absolute Gasteiger partial charge is 0.246 e. The van der Waals surface area contributed by atoms with Crippen molar-refractivity contribution < 1.29 is 17.5 Å². The molecule has 0 aliphatic carbocycles. The van der Waals surface area contributed by atoms with Gasteiger partial charge in [0.05, 0.1) is 12.1 Å². The summed E-state index contributed by atoms with van der Waals surface area (Å²) in [5, 5.41) is 0.138. The summed E-state index contributed by atoms with van der Waals surface area (Å²) >= 11 is 5.87. The van der Waals surface area contributed by atoms with Crippen LogP contribution in [0.5, 0.6) is 0 Å². The highest BCUT2D eigenvalue weighted by Crippen LogP contribution is 2.29. The average Bonchev–Trinajstić information content (AvgIpc) is 2.85. The average molecular weight is 337 g/mol. The number of nitrogens with two attached hydrogens (primary N) is 1. The maximum Gasteiger partial charge on any atom is 0.246 e. The summed E-state index contributed by atoms with van der Waals surface area (Å²) in [5.74, 6) is -0.847. The first-order valence-corrected chi connectivity index (χ1v) is 8.38. The summed E-state index contributed by atoms with van der Waals surface area (Å²) in [6, 6.07) is 2.12. The standard InChI is InChI=1S/C13H18ClFN2O3S/c1-8-11(3-4-20-8)17(2)21(18,19)12-6-10(14)5-9(7-16)13(12)15/h5-6,8,11H,3-4,7,16H2,1-2H3. The topological polar surface area (TPSA) is 72.6 Å². The Labute approximate surface area is 128 Å². The Balaban J connectivity index is 2.46. The number of ether oxygens (including phenoxy) is 1. The van der Waals surface area contributed by atoms with Crippen LogP contribution in [-0.2, 0) is 21.3 Å². The molecule has 8 heteroatoms. The fourth-order valence-corrected chi connectivity index (χ4v) is 4.37. The van der Waals surface area contributed by atoms with Gasteiger partial charge in [-0.05, 0) is 25.5 Å². The molecule has 118 valence electrons. The first-order chi connectivity index (χ1) is 9.78. The highest BCUT2D eigenvalue weighted by Gasteiger charge is 2.37. The lowest BCUT2D eigenvalue weighted by atomic mass is 10.2. The zero-order valence-corrected chi connectivity index (χ0v) is 13.4. The molecule has 1 aromatic carbocycles. The molecule has 1 aliphatic rings. The molecule has 2 unspecified atom stereocenters. The van der Waals surface area contributed by atoms with Crippen LogP contribution in [0, 0.1) is 5.82 Å². The lowest BCUT2D eigenvalue weighted by Gasteiger charge is -2.26. The second-order valence-corrected chi connectivity index (χ2v) is 7.44. The normalized spacial score (nSPS) is 23.0. The monoisotopic (exact) mass is 336 g/mol. The van der Waals surface area contributed by atoms with E-state index in [4.69, 9.17) is 22.1 Å². The first kappa shape index (κ1) is 16.6. The first-order valence-electron chi connectivity index (χ1n) is 6.56. The largest absolute Gasteiger partial charge is 0.377 e. The van der Waals surface area contributed by atoms with Crippen LogP contribution in [0.15, 0.2) is 17.0 Å². The van der Waals surface area contributed by atoms with Crippen molar-refractivity contribution in [2.45, 2.75) is 36.9 Å². The fraction of sp³-hybridized carbons (Fsp3) is 0.538. The van der Waals surface area contributed by atoms with Gasteiger partial charge in [0.1, 0.15) is 10.7 Å². The van der Waals surface area contributed by atoms with Gasteiger partial charge in [0.2, 0.25) is 10.0 Å². The van der Waals surface area contributed by atoms with Crippen molar-refractivity contribution >= 4 is 21.6 Å². The van der Waals surface area contributed by atoms with Crippen LogP contribution in [0.1, 0.15) is 18.9 Å². The number of sulfonamides is 1. The molecule has 0 spiro atoms. The molecule has 0 amide bonds. The van der Waals surface area contributed by atoms with Gasteiger partial charge in [-0.2, -0.15) is 4.31 Å². The molecule has 2 atom stereocenters. The third-order valence-electron chi connectivity index (χ3n) is 3.76. The number of hydrogen-bond acceptors (Lipinski definition) is 4. The van der Waals surface area contributed by atoms with Crippen molar-refractivity contribution in [1.82, 2.24) is 4.31 Å². The molecule has 1 aromatic rings. The Kier molecular flexibility index (Phi) is 4.89. The van der Waals surface area contributed by atoms with Crippen LogP contribution >= 0.6 is 11.6 Å². The van der Waals surface area contributed by atoms with Crippen molar-refractivity contribution in [3.8, 4) is 0 Å². The third kappa shape index (κ3) is 3.07. The van der Waals surface area contributed by atoms with Gasteiger partial charge in [0.25, 0.3) is 0 Å². The number of rotatable bonds is 4. The zero-order chi connectivity index (χ0) is 15.8. The van der Waals surface area contributed by atoms with E-state index in [1.807, 2.05) is 0 Å². The van der Waals surface area contributed by atoms with E-state index in [0.29, 0.717) is 13.0 Å². The Bertz CT molecular complexity index is 639. The molecule has 1 heterocycles. The third-order valence-corrected chi connectivity index (χ3v) is 5.86. The number of likely N-dealkylation sites (N-methyl/N-ethyl adjacent to an activating group) is 1. The van der Waals surface area contributed by atoms with Gasteiger partial charge in [-0.3, -0.25) is 0 Å². The second-order valence-electron chi connectivity index (χ2n) is 5.03. The van der Waals surface area contributed by atoms with Crippen molar-refractivity contribution in [2.75, 3.05) is 13.7 Å². The number of nitrogens with zero attached hydrogens (tertiary/aromatic N) is 1. The minimum absolute atomic E-state index is 0.0743. The molecule has 0 saturated carbocycles. The van der Waals surface area contributed by atoms with Gasteiger partial charge in [0, 0.05) is 30.8 Å². The van der Waals surface area contributed by atoms with E-state index in [0.717, 1.165) is 10.4 Å². The maximum absolute atomic E-state index is 14.3. The molecule has 2 rings (SSSR count). The van der Waals surface area contributed by atoms with Gasteiger partial charge in [-0.25, -0.2) is 12.8 Å². The zero-order valence-electron chi connectivity index (χ0n) is 11.8. The van der Waals surface area contributed by atoms with E-state index >= 15 is 0 Å². The SMILES string of the molecule is CC1OCCC1N(C)S(=O)(=O)c1cc(Cl)cc(CN)c1F. The molecular formula is C13H18ClFN2O3S. The number of hydrogen-bond donors (Lipinski definition) is 1. The van der Waals surface area contributed by atoms with E-state index in [2.05, 4.69) is 0 Å². The van der Waals surface area contributed by atoms with Gasteiger partial charge in [0.15, 0.2) is 0 Å². The van der Waals surface area contributed by atoms with Crippen LogP contribution in [0.25, 0.3) is 0 Å². The number of benzene rings is 1. The van der Waals surface area contributed by atoms with E-state index < -0.39 is 20.7 Å². The van der Waals surface area contributed by atoms with Crippen molar-refractivity contribution in [3.05, 3.63) is 28.5 Å². The van der Waals surface area contributed by atoms with E-state index in [9.17, 15) is 12.8 Å². The predicted octanol–water partition coefficient (Wildman–Crippen LogP) is 1.74. The van der Waals surface area contributed by atoms with Crippen LogP contribution in [0.2, 0.25) is 5.02 Å². The quantitative estimate of drug-likeness (QED) is 0.909. The Morgan fingerprint density at radius 1 is 1.52 bits per heavy atom. The van der Waals surface area contributed by atoms with Crippen molar-refractivity contribution in [1.29, 1.82) is 0 Å². The molecule has 1 saturated heterocycles. The van der Waals surface area contributed by atoms with E-state index in [-0.39, 0.29) is 29.3 Å². The second kappa shape index (κ2) is 6.18. The summed E-state index contributed by atoms with van der Waals surface area (Å²) in [7, 11) is -2.58. The lowest BCUT2D eigenvalue weighted by molar-refractivity contribution is 0.102. The van der Waals surface area contributed by atoms with Crippen LogP contribution in [-0.4, -0.2) is 38.5 Å². The molecule has 21 heavy (non-hydrogen) atoms. The van der Waals surface area contributed by atoms with Gasteiger partial charge in [-0.1, -0.05) is 11.6 Å². The summed E-state index contributed by atoms with van der Waals surface area (Å²) in [5.41, 5.74) is 5.50. The predicted molar refractivity (Wildman–Crippen MR) is 78.1 cm³/mol. The number of halogens is 2. The van der Waals surface area contributed by atoms with Crippen LogP contribution < -0.4 is 5.73 Å². The van der Waals surface area contributed by atoms with E-state index in [1.165, 1.54) is 13.1 Å². The summed E-state index contributed by atoms with van der Waals surface area (Å²) in [4.78, 5) is -0.447. The summed E-state index contributed by atoms with van der Waals surface area (Å²) in [6.07, 6.45) is 0.337. The Hall–Kier alpha value is -0.730. The molecule has 0 aromatic heterocycles. The maximum atomic E-state index is 14.3. The fourth-order valence-electron chi connectivity index (χ4n) is 2.49. The Morgan fingerprint density at radius 2 is 2.19 bits per heavy atom. The molecule has 1 aliphatic heterocycles. The van der Waals surface area contributed by atoms with E-state index in [1.54, 1.807) is 6.92 Å². The van der Waals surface area contributed by atoms with Crippen LogP contribution in [0.3, 0.4) is 0 Å². The molecule has 2 N–H and O–H groups in total. The highest BCUT2D eigenvalue weighted by atomic mass is 35.5. The molecule has 5 nitrogen and oxygen atoms in total. The molecule has 0 bridgehead atoms. The van der Waals surface area contributed by atoms with Crippen LogP contribution in [0.4, 0.5) is 4.39 Å². The lowest BCUT2D eigenvalue weighted by Crippen LogP contribution is -2.41. The summed E-state index contributed by atoms with van der Waals surface area (Å²) in [6.45, 7) is 2.16. The van der Waals surface area contributed by atoms with Crippen molar-refractivity contribution in [3.63, 3.8) is 0 Å². The minimum Gasteiger partial charge on any atom is -0.377 e.